The van der Waals surface area contributed by atoms with Crippen molar-refractivity contribution in [2.75, 3.05) is 20.2 Å². The van der Waals surface area contributed by atoms with Crippen molar-refractivity contribution in [2.24, 2.45) is 4.99 Å². The number of nitrogens with zero attached hydrogens (tertiary/aromatic N) is 5. The van der Waals surface area contributed by atoms with Gasteiger partial charge in [-0.05, 0) is 47.7 Å². The van der Waals surface area contributed by atoms with Crippen molar-refractivity contribution in [3.8, 4) is 6.01 Å². The number of piperidine rings is 1. The van der Waals surface area contributed by atoms with E-state index >= 15 is 0 Å². The number of fused-ring (bicyclic) bond motifs is 2. The average Bonchev–Trinajstić information content (AvgIpc) is 3.30. The Morgan fingerprint density at radius 2 is 1.89 bits per heavy atom. The Labute approximate surface area is 205 Å². The molecule has 1 saturated heterocycles. The van der Waals surface area contributed by atoms with Crippen LogP contribution in [0.25, 0.3) is 0 Å². The van der Waals surface area contributed by atoms with E-state index in [0.29, 0.717) is 25.5 Å². The molecule has 2 aromatic carbocycles. The highest BCUT2D eigenvalue weighted by molar-refractivity contribution is 6.15. The Hall–Kier alpha value is -3.58. The van der Waals surface area contributed by atoms with Crippen LogP contribution in [0.2, 0.25) is 0 Å². The average molecular weight is 468 g/mol. The van der Waals surface area contributed by atoms with Crippen molar-refractivity contribution < 1.29 is 9.53 Å². The number of rotatable bonds is 5. The summed E-state index contributed by atoms with van der Waals surface area (Å²) < 4.78 is 5.09. The monoisotopic (exact) mass is 467 g/mol. The van der Waals surface area contributed by atoms with Gasteiger partial charge in [0.25, 0.3) is 0 Å². The molecule has 6 rings (SSSR count). The van der Waals surface area contributed by atoms with Gasteiger partial charge in [0.05, 0.1) is 25.8 Å². The maximum atomic E-state index is 13.2. The number of carbonyl (C=O) groups excluding carboxylic acids is 1. The third-order valence-electron chi connectivity index (χ3n) is 7.35. The zero-order valence-corrected chi connectivity index (χ0v) is 20.0. The minimum absolute atomic E-state index is 0.242. The van der Waals surface area contributed by atoms with E-state index in [4.69, 9.17) is 9.73 Å². The summed E-state index contributed by atoms with van der Waals surface area (Å²) in [4.78, 5) is 31.1. The van der Waals surface area contributed by atoms with E-state index in [1.165, 1.54) is 16.7 Å². The van der Waals surface area contributed by atoms with Crippen LogP contribution in [0.1, 0.15) is 46.2 Å². The normalized spacial score (nSPS) is 19.8. The predicted octanol–water partition coefficient (Wildman–Crippen LogP) is 3.39. The molecule has 3 aromatic rings. The fourth-order valence-corrected chi connectivity index (χ4v) is 5.58. The van der Waals surface area contributed by atoms with Crippen molar-refractivity contribution in [3.63, 3.8) is 0 Å². The van der Waals surface area contributed by atoms with Crippen molar-refractivity contribution in [2.45, 2.75) is 44.9 Å². The van der Waals surface area contributed by atoms with Crippen LogP contribution in [0, 0.1) is 0 Å². The smallest absolute Gasteiger partial charge is 0.316 e. The summed E-state index contributed by atoms with van der Waals surface area (Å²) in [6.45, 7) is 4.24. The highest BCUT2D eigenvalue weighted by atomic mass is 16.5. The van der Waals surface area contributed by atoms with E-state index in [-0.39, 0.29) is 11.9 Å². The molecular formula is C28H29N5O2. The van der Waals surface area contributed by atoms with E-state index in [1.807, 2.05) is 0 Å². The third-order valence-corrected chi connectivity index (χ3v) is 7.35. The zero-order chi connectivity index (χ0) is 23.8. The van der Waals surface area contributed by atoms with Gasteiger partial charge in [0.15, 0.2) is 0 Å². The lowest BCUT2D eigenvalue weighted by atomic mass is 9.90. The lowest BCUT2D eigenvalue weighted by Gasteiger charge is -2.41. The SMILES string of the molecule is COc1ncc(C2=NCc3cc4c(cc32)CN([C@@H]2CCCN(Cc3ccccc3)C2)C(=O)C4)cn1. The second-order valence-corrected chi connectivity index (χ2v) is 9.62. The fraction of sp³-hybridized carbons (Fsp3) is 0.357. The predicted molar refractivity (Wildman–Crippen MR) is 133 cm³/mol. The van der Waals surface area contributed by atoms with E-state index in [2.05, 4.69) is 62.2 Å². The molecular weight excluding hydrogens is 438 g/mol. The number of aliphatic imine (C=N–C) groups is 1. The Morgan fingerprint density at radius 1 is 1.06 bits per heavy atom. The van der Waals surface area contributed by atoms with Crippen molar-refractivity contribution in [1.82, 2.24) is 19.8 Å². The molecule has 3 aliphatic heterocycles. The van der Waals surface area contributed by atoms with Crippen LogP contribution in [0.5, 0.6) is 6.01 Å². The number of amides is 1. The zero-order valence-electron chi connectivity index (χ0n) is 20.0. The quantitative estimate of drug-likeness (QED) is 0.575. The lowest BCUT2D eigenvalue weighted by Crippen LogP contribution is -2.51. The third kappa shape index (κ3) is 4.32. The van der Waals surface area contributed by atoms with Gasteiger partial charge in [-0.2, -0.15) is 0 Å². The van der Waals surface area contributed by atoms with Crippen molar-refractivity contribution >= 4 is 11.6 Å². The molecule has 0 N–H and O–H groups in total. The first-order valence-corrected chi connectivity index (χ1v) is 12.3. The molecule has 7 nitrogen and oxygen atoms in total. The number of benzene rings is 2. The first-order valence-electron chi connectivity index (χ1n) is 12.3. The molecule has 1 fully saturated rings. The maximum Gasteiger partial charge on any atom is 0.316 e. The minimum Gasteiger partial charge on any atom is -0.467 e. The van der Waals surface area contributed by atoms with Gasteiger partial charge < -0.3 is 9.64 Å². The number of ether oxygens (including phenoxy) is 1. The highest BCUT2D eigenvalue weighted by Crippen LogP contribution is 2.32. The summed E-state index contributed by atoms with van der Waals surface area (Å²) in [6.07, 6.45) is 6.18. The van der Waals surface area contributed by atoms with Crippen LogP contribution >= 0.6 is 0 Å². The second-order valence-electron chi connectivity index (χ2n) is 9.62. The standard InChI is InChI=1S/C28H29N5O2/c1-35-28-30-14-23(15-31-28)27-25-11-22-17-33(26(34)12-20(22)10-21(25)13-29-27)24-8-5-9-32(18-24)16-19-6-3-2-4-7-19/h2-4,6-7,10-11,14-15,24H,5,8-9,12-13,16-18H2,1H3/t24-/m1/s1. The van der Waals surface area contributed by atoms with Gasteiger partial charge in [-0.3, -0.25) is 14.7 Å². The summed E-state index contributed by atoms with van der Waals surface area (Å²) in [5, 5.41) is 0. The summed E-state index contributed by atoms with van der Waals surface area (Å²) in [5.74, 6) is 0.242. The first kappa shape index (κ1) is 21.9. The topological polar surface area (TPSA) is 70.9 Å². The summed E-state index contributed by atoms with van der Waals surface area (Å²) in [6, 6.07) is 15.6. The molecule has 0 radical (unpaired) electrons. The molecule has 35 heavy (non-hydrogen) atoms. The van der Waals surface area contributed by atoms with Gasteiger partial charge in [-0.15, -0.1) is 0 Å². The molecule has 1 atom stereocenters. The van der Waals surface area contributed by atoms with Crippen LogP contribution in [0.3, 0.4) is 0 Å². The van der Waals surface area contributed by atoms with Gasteiger partial charge in [0.1, 0.15) is 0 Å². The van der Waals surface area contributed by atoms with Crippen LogP contribution in [-0.4, -0.2) is 57.6 Å². The van der Waals surface area contributed by atoms with Gasteiger partial charge in [-0.1, -0.05) is 36.4 Å². The van der Waals surface area contributed by atoms with Gasteiger partial charge in [0, 0.05) is 49.2 Å². The Morgan fingerprint density at radius 3 is 2.69 bits per heavy atom. The second kappa shape index (κ2) is 9.23. The molecule has 178 valence electrons. The maximum absolute atomic E-state index is 13.2. The van der Waals surface area contributed by atoms with Gasteiger partial charge in [-0.25, -0.2) is 9.97 Å². The van der Waals surface area contributed by atoms with E-state index < -0.39 is 0 Å². The molecule has 3 aliphatic rings. The van der Waals surface area contributed by atoms with Crippen molar-refractivity contribution in [3.05, 3.63) is 88.2 Å². The molecule has 4 heterocycles. The molecule has 0 spiro atoms. The molecule has 1 amide bonds. The molecule has 7 heteroatoms. The Kier molecular flexibility index (Phi) is 5.78. The first-order chi connectivity index (χ1) is 17.2. The van der Waals surface area contributed by atoms with Crippen molar-refractivity contribution in [1.29, 1.82) is 0 Å². The number of methoxy groups -OCH3 is 1. The lowest BCUT2D eigenvalue weighted by molar-refractivity contribution is -0.135. The van der Waals surface area contributed by atoms with Crippen LogP contribution in [0.15, 0.2) is 59.9 Å². The molecule has 1 aromatic heterocycles. The summed E-state index contributed by atoms with van der Waals surface area (Å²) in [7, 11) is 1.56. The Bertz CT molecular complexity index is 1270. The van der Waals surface area contributed by atoms with E-state index in [0.717, 1.165) is 54.9 Å². The highest BCUT2D eigenvalue weighted by Gasteiger charge is 2.33. The molecule has 0 unspecified atom stereocenters. The Balaban J connectivity index is 1.21. The van der Waals surface area contributed by atoms with Gasteiger partial charge >= 0.3 is 6.01 Å². The molecule has 0 saturated carbocycles. The molecule has 0 aliphatic carbocycles. The van der Waals surface area contributed by atoms with E-state index in [9.17, 15) is 4.79 Å². The number of aromatic nitrogens is 2. The number of likely N-dealkylation sites (tertiary alicyclic amines) is 1. The minimum atomic E-state index is 0.242. The molecule has 0 bridgehead atoms. The van der Waals surface area contributed by atoms with Crippen LogP contribution < -0.4 is 4.74 Å². The largest absolute Gasteiger partial charge is 0.467 e. The van der Waals surface area contributed by atoms with E-state index in [1.54, 1.807) is 19.5 Å². The van der Waals surface area contributed by atoms with Gasteiger partial charge in [0.2, 0.25) is 5.91 Å². The number of carbonyl (C=O) groups is 1. The number of hydrogen-bond donors (Lipinski definition) is 0. The van der Waals surface area contributed by atoms with Crippen LogP contribution in [-0.2, 0) is 30.8 Å². The van der Waals surface area contributed by atoms with Crippen LogP contribution in [0.4, 0.5) is 0 Å². The number of hydrogen-bond acceptors (Lipinski definition) is 6. The summed E-state index contributed by atoms with van der Waals surface area (Å²) in [5.41, 5.74) is 7.80. The fourth-order valence-electron chi connectivity index (χ4n) is 5.58. The summed E-state index contributed by atoms with van der Waals surface area (Å²) >= 11 is 0.